The minimum Gasteiger partial charge on any atom is -0.444 e. The average Bonchev–Trinajstić information content (AvgIpc) is 2.46. The van der Waals surface area contributed by atoms with Crippen molar-refractivity contribution in [2.75, 3.05) is 31.6 Å². The second-order valence-corrected chi connectivity index (χ2v) is 6.29. The van der Waals surface area contributed by atoms with E-state index in [0.29, 0.717) is 6.54 Å². The number of nitrogens with one attached hydrogen (secondary N) is 2. The Bertz CT molecular complexity index is 498. The van der Waals surface area contributed by atoms with Crippen LogP contribution in [0.5, 0.6) is 0 Å². The molecule has 0 spiro atoms. The number of hydrogen-bond acceptors (Lipinski definition) is 4. The van der Waals surface area contributed by atoms with Gasteiger partial charge in [-0.05, 0) is 32.9 Å². The van der Waals surface area contributed by atoms with E-state index in [-0.39, 0.29) is 18.9 Å². The Morgan fingerprint density at radius 3 is 2.35 bits per heavy atom. The van der Waals surface area contributed by atoms with Crippen molar-refractivity contribution in [1.82, 2.24) is 10.6 Å². The van der Waals surface area contributed by atoms with E-state index in [4.69, 9.17) is 4.74 Å². The summed E-state index contributed by atoms with van der Waals surface area (Å²) in [5.41, 5.74) is 0.572. The van der Waals surface area contributed by atoms with Crippen molar-refractivity contribution in [2.45, 2.75) is 32.8 Å². The Balaban J connectivity index is 2.14. The molecule has 0 saturated carbocycles. The van der Waals surface area contributed by atoms with Crippen LogP contribution in [0.1, 0.15) is 27.2 Å². The predicted molar refractivity (Wildman–Crippen MR) is 91.6 cm³/mol. The smallest absolute Gasteiger partial charge is 0.407 e. The highest BCUT2D eigenvalue weighted by atomic mass is 16.6. The van der Waals surface area contributed by atoms with E-state index in [0.717, 1.165) is 12.2 Å². The van der Waals surface area contributed by atoms with Crippen molar-refractivity contribution in [1.29, 1.82) is 0 Å². The number of nitrogens with zero attached hydrogens (tertiary/aromatic N) is 1. The first kappa shape index (κ1) is 18.8. The fourth-order valence-corrected chi connectivity index (χ4v) is 1.86. The van der Waals surface area contributed by atoms with Crippen LogP contribution in [0.25, 0.3) is 0 Å². The van der Waals surface area contributed by atoms with Crippen molar-refractivity contribution in [3.63, 3.8) is 0 Å². The Kier molecular flexibility index (Phi) is 7.38. The highest BCUT2D eigenvalue weighted by Gasteiger charge is 2.15. The number of anilines is 1. The number of hydrogen-bond donors (Lipinski definition) is 2. The molecule has 0 aliphatic carbocycles. The number of likely N-dealkylation sites (N-methyl/N-ethyl adjacent to an activating group) is 1. The molecule has 0 heterocycles. The van der Waals surface area contributed by atoms with Gasteiger partial charge in [-0.3, -0.25) is 4.79 Å². The standard InChI is InChI=1S/C17H27N3O3/c1-17(2,3)23-16(22)19-11-10-15(21)18-12-13-20(4)14-8-6-5-7-9-14/h5-9H,10-13H2,1-4H3,(H,18,21)(H,19,22). The molecule has 0 aliphatic heterocycles. The normalized spacial score (nSPS) is 10.8. The van der Waals surface area contributed by atoms with Crippen LogP contribution in [0.4, 0.5) is 10.5 Å². The van der Waals surface area contributed by atoms with Crippen LogP contribution in [0.15, 0.2) is 30.3 Å². The van der Waals surface area contributed by atoms with Crippen molar-refractivity contribution in [2.24, 2.45) is 0 Å². The van der Waals surface area contributed by atoms with Crippen molar-refractivity contribution in [3.8, 4) is 0 Å². The Morgan fingerprint density at radius 1 is 1.09 bits per heavy atom. The summed E-state index contributed by atoms with van der Waals surface area (Å²) in [6.45, 7) is 6.91. The molecule has 0 bridgehead atoms. The third kappa shape index (κ3) is 8.70. The summed E-state index contributed by atoms with van der Waals surface area (Å²) in [5, 5.41) is 5.40. The molecule has 0 radical (unpaired) electrons. The second-order valence-electron chi connectivity index (χ2n) is 6.29. The number of carbonyl (C=O) groups is 2. The van der Waals surface area contributed by atoms with E-state index in [1.54, 1.807) is 20.8 Å². The highest BCUT2D eigenvalue weighted by molar-refractivity contribution is 5.77. The largest absolute Gasteiger partial charge is 0.444 e. The molecular weight excluding hydrogens is 294 g/mol. The number of benzene rings is 1. The minimum atomic E-state index is -0.533. The molecule has 128 valence electrons. The van der Waals surface area contributed by atoms with Gasteiger partial charge in [-0.15, -0.1) is 0 Å². The summed E-state index contributed by atoms with van der Waals surface area (Å²) < 4.78 is 5.09. The topological polar surface area (TPSA) is 70.7 Å². The number of amides is 2. The van der Waals surface area contributed by atoms with Gasteiger partial charge >= 0.3 is 6.09 Å². The molecule has 0 saturated heterocycles. The molecule has 6 nitrogen and oxygen atoms in total. The maximum absolute atomic E-state index is 11.7. The predicted octanol–water partition coefficient (Wildman–Crippen LogP) is 2.15. The van der Waals surface area contributed by atoms with Crippen LogP contribution in [0.3, 0.4) is 0 Å². The zero-order chi connectivity index (χ0) is 17.3. The van der Waals surface area contributed by atoms with Crippen LogP contribution < -0.4 is 15.5 Å². The molecule has 0 atom stereocenters. The number of alkyl carbamates (subject to hydrolysis) is 1. The van der Waals surface area contributed by atoms with Gasteiger partial charge in [-0.2, -0.15) is 0 Å². The summed E-state index contributed by atoms with van der Waals surface area (Å²) >= 11 is 0. The van der Waals surface area contributed by atoms with E-state index >= 15 is 0 Å². The number of rotatable bonds is 7. The molecule has 0 aromatic heterocycles. The van der Waals surface area contributed by atoms with Gasteiger partial charge in [0.15, 0.2) is 0 Å². The average molecular weight is 321 g/mol. The molecule has 1 aromatic rings. The lowest BCUT2D eigenvalue weighted by Gasteiger charge is -2.20. The molecule has 2 N–H and O–H groups in total. The van der Waals surface area contributed by atoms with Gasteiger partial charge < -0.3 is 20.3 Å². The second kappa shape index (κ2) is 9.02. The van der Waals surface area contributed by atoms with E-state index < -0.39 is 11.7 Å². The van der Waals surface area contributed by atoms with Crippen molar-refractivity contribution in [3.05, 3.63) is 30.3 Å². The molecule has 6 heteroatoms. The maximum atomic E-state index is 11.7. The minimum absolute atomic E-state index is 0.0949. The highest BCUT2D eigenvalue weighted by Crippen LogP contribution is 2.09. The summed E-state index contributed by atoms with van der Waals surface area (Å²) in [5.74, 6) is -0.0949. The van der Waals surface area contributed by atoms with Gasteiger partial charge in [0.2, 0.25) is 5.91 Å². The fraction of sp³-hybridized carbons (Fsp3) is 0.529. The summed E-state index contributed by atoms with van der Waals surface area (Å²) in [7, 11) is 1.98. The van der Waals surface area contributed by atoms with E-state index in [9.17, 15) is 9.59 Å². The molecule has 0 aliphatic rings. The molecule has 23 heavy (non-hydrogen) atoms. The SMILES string of the molecule is CN(CCNC(=O)CCNC(=O)OC(C)(C)C)c1ccccc1. The molecule has 2 amide bonds. The van der Waals surface area contributed by atoms with Gasteiger partial charge in [0.1, 0.15) is 5.60 Å². The van der Waals surface area contributed by atoms with Crippen LogP contribution in [-0.4, -0.2) is 44.3 Å². The van der Waals surface area contributed by atoms with Crippen LogP contribution in [0, 0.1) is 0 Å². The molecule has 1 rings (SSSR count). The first-order valence-electron chi connectivity index (χ1n) is 7.77. The lowest BCUT2D eigenvalue weighted by atomic mass is 10.2. The third-order valence-electron chi connectivity index (χ3n) is 2.99. The monoisotopic (exact) mass is 321 g/mol. The van der Waals surface area contributed by atoms with Gasteiger partial charge in [-0.1, -0.05) is 18.2 Å². The third-order valence-corrected chi connectivity index (χ3v) is 2.99. The van der Waals surface area contributed by atoms with Crippen LogP contribution in [-0.2, 0) is 9.53 Å². The maximum Gasteiger partial charge on any atom is 0.407 e. The summed E-state index contributed by atoms with van der Waals surface area (Å²) in [6, 6.07) is 9.97. The Hall–Kier alpha value is -2.24. The van der Waals surface area contributed by atoms with E-state index in [1.807, 2.05) is 37.4 Å². The first-order valence-corrected chi connectivity index (χ1v) is 7.77. The van der Waals surface area contributed by atoms with E-state index in [2.05, 4.69) is 15.5 Å². The zero-order valence-corrected chi connectivity index (χ0v) is 14.4. The lowest BCUT2D eigenvalue weighted by molar-refractivity contribution is -0.120. The fourth-order valence-electron chi connectivity index (χ4n) is 1.86. The number of carbonyl (C=O) groups excluding carboxylic acids is 2. The quantitative estimate of drug-likeness (QED) is 0.807. The van der Waals surface area contributed by atoms with Crippen molar-refractivity contribution < 1.29 is 14.3 Å². The summed E-state index contributed by atoms with van der Waals surface area (Å²) in [4.78, 5) is 25.2. The van der Waals surface area contributed by atoms with Crippen molar-refractivity contribution >= 4 is 17.7 Å². The van der Waals surface area contributed by atoms with E-state index in [1.165, 1.54) is 0 Å². The lowest BCUT2D eigenvalue weighted by Crippen LogP contribution is -2.37. The van der Waals surface area contributed by atoms with Gasteiger partial charge in [-0.25, -0.2) is 4.79 Å². The van der Waals surface area contributed by atoms with Gasteiger partial charge in [0.25, 0.3) is 0 Å². The van der Waals surface area contributed by atoms with Crippen LogP contribution in [0.2, 0.25) is 0 Å². The molecule has 0 fully saturated rings. The zero-order valence-electron chi connectivity index (χ0n) is 14.4. The number of ether oxygens (including phenoxy) is 1. The van der Waals surface area contributed by atoms with Gasteiger partial charge in [0.05, 0.1) is 0 Å². The molecular formula is C17H27N3O3. The Morgan fingerprint density at radius 2 is 1.74 bits per heavy atom. The van der Waals surface area contributed by atoms with Gasteiger partial charge in [0, 0.05) is 38.8 Å². The number of para-hydroxylation sites is 1. The molecule has 1 aromatic carbocycles. The van der Waals surface area contributed by atoms with Crippen LogP contribution >= 0.6 is 0 Å². The molecule has 0 unspecified atom stereocenters. The summed E-state index contributed by atoms with van der Waals surface area (Å²) in [6.07, 6.45) is -0.275. The first-order chi connectivity index (χ1) is 10.8. The Labute approximate surface area is 138 Å².